The van der Waals surface area contributed by atoms with Gasteiger partial charge in [-0.1, -0.05) is 38.1 Å². The predicted octanol–water partition coefficient (Wildman–Crippen LogP) is 4.91. The number of ether oxygens (including phenoxy) is 3. The number of para-hydroxylation sites is 1. The number of amides is 2. The van der Waals surface area contributed by atoms with E-state index >= 15 is 0 Å². The van der Waals surface area contributed by atoms with E-state index in [0.717, 1.165) is 0 Å². The second-order valence-corrected chi connectivity index (χ2v) is 9.91. The first kappa shape index (κ1) is 27.5. The molecule has 7 nitrogen and oxygen atoms in total. The summed E-state index contributed by atoms with van der Waals surface area (Å²) in [6.45, 7) is 4.51. The van der Waals surface area contributed by atoms with E-state index in [1.807, 2.05) is 13.8 Å². The molecule has 36 heavy (non-hydrogen) atoms. The van der Waals surface area contributed by atoms with Gasteiger partial charge in [0.05, 0.1) is 26.0 Å². The summed E-state index contributed by atoms with van der Waals surface area (Å²) < 4.78 is 53.3. The molecule has 0 radical (unpaired) electrons. The maximum atomic E-state index is 13.5. The highest BCUT2D eigenvalue weighted by molar-refractivity contribution is 8.01. The molecule has 1 saturated heterocycles. The molecule has 3 rings (SSSR count). The normalized spacial score (nSPS) is 17.9. The second kappa shape index (κ2) is 11.8. The number of benzene rings is 2. The van der Waals surface area contributed by atoms with Crippen LogP contribution in [0.5, 0.6) is 17.2 Å². The first-order chi connectivity index (χ1) is 17.0. The number of hydrogen-bond acceptors (Lipinski definition) is 6. The molecule has 2 unspecified atom stereocenters. The Morgan fingerprint density at radius 2 is 1.86 bits per heavy atom. The zero-order valence-electron chi connectivity index (χ0n) is 20.4. The average Bonchev–Trinajstić information content (AvgIpc) is 3.11. The number of halogens is 3. The van der Waals surface area contributed by atoms with Crippen molar-refractivity contribution in [3.8, 4) is 17.2 Å². The number of carbonyl (C=O) groups is 2. The van der Waals surface area contributed by atoms with E-state index in [-0.39, 0.29) is 36.4 Å². The number of methoxy groups -OCH3 is 2. The molecule has 2 aromatic carbocycles. The van der Waals surface area contributed by atoms with Gasteiger partial charge in [-0.25, -0.2) is 0 Å². The molecule has 0 spiro atoms. The summed E-state index contributed by atoms with van der Waals surface area (Å²) in [5.41, 5.74) is 1.10. The maximum absolute atomic E-state index is 13.5. The molecule has 1 N–H and O–H groups in total. The van der Waals surface area contributed by atoms with Gasteiger partial charge in [-0.3, -0.25) is 9.59 Å². The minimum Gasteiger partial charge on any atom is -0.493 e. The van der Waals surface area contributed by atoms with E-state index in [1.165, 1.54) is 49.1 Å². The molecule has 0 saturated carbocycles. The molecular formula is C25H29F3N2O5S. The quantitative estimate of drug-likeness (QED) is 0.474. The first-order valence-electron chi connectivity index (χ1n) is 11.3. The van der Waals surface area contributed by atoms with Crippen LogP contribution in [-0.2, 0) is 16.1 Å². The lowest BCUT2D eigenvalue weighted by atomic mass is 10.1. The van der Waals surface area contributed by atoms with Crippen molar-refractivity contribution in [2.75, 3.05) is 20.8 Å². The number of carbonyl (C=O) groups excluding carboxylic acids is 2. The van der Waals surface area contributed by atoms with Crippen LogP contribution in [0.1, 0.15) is 36.8 Å². The highest BCUT2D eigenvalue weighted by Gasteiger charge is 2.42. The van der Waals surface area contributed by atoms with Crippen LogP contribution in [0.3, 0.4) is 0 Å². The van der Waals surface area contributed by atoms with Crippen LogP contribution in [0.4, 0.5) is 13.2 Å². The largest absolute Gasteiger partial charge is 0.573 e. The second-order valence-electron chi connectivity index (χ2n) is 8.62. The summed E-state index contributed by atoms with van der Waals surface area (Å²) in [5, 5.41) is 1.46. The number of nitrogens with one attached hydrogen (secondary N) is 1. The zero-order chi connectivity index (χ0) is 26.5. The number of alkyl halides is 3. The fourth-order valence-corrected chi connectivity index (χ4v) is 5.27. The Bertz CT molecular complexity index is 1080. The molecule has 1 aliphatic heterocycles. The summed E-state index contributed by atoms with van der Waals surface area (Å²) in [7, 11) is 2.98. The number of rotatable bonds is 10. The number of nitrogens with zero attached hydrogens (tertiary/aromatic N) is 1. The minimum atomic E-state index is -4.85. The lowest BCUT2D eigenvalue weighted by molar-refractivity contribution is -0.274. The van der Waals surface area contributed by atoms with Crippen molar-refractivity contribution in [3.63, 3.8) is 0 Å². The van der Waals surface area contributed by atoms with Crippen LogP contribution in [-0.4, -0.2) is 49.1 Å². The molecule has 2 aromatic rings. The summed E-state index contributed by atoms with van der Waals surface area (Å²) in [4.78, 5) is 27.5. The molecule has 196 valence electrons. The van der Waals surface area contributed by atoms with Gasteiger partial charge in [-0.15, -0.1) is 24.9 Å². The smallest absolute Gasteiger partial charge is 0.493 e. The fraction of sp³-hybridized carbons (Fsp3) is 0.440. The van der Waals surface area contributed by atoms with Gasteiger partial charge in [0.1, 0.15) is 11.1 Å². The lowest BCUT2D eigenvalue weighted by Gasteiger charge is -2.26. The molecule has 11 heteroatoms. The van der Waals surface area contributed by atoms with Crippen LogP contribution in [0.2, 0.25) is 0 Å². The predicted molar refractivity (Wildman–Crippen MR) is 130 cm³/mol. The van der Waals surface area contributed by atoms with Crippen molar-refractivity contribution in [1.82, 2.24) is 10.2 Å². The van der Waals surface area contributed by atoms with E-state index in [1.54, 1.807) is 24.3 Å². The van der Waals surface area contributed by atoms with E-state index in [2.05, 4.69) is 10.1 Å². The number of thioether (sulfide) groups is 1. The molecule has 0 aliphatic carbocycles. The highest BCUT2D eigenvalue weighted by atomic mass is 32.2. The summed E-state index contributed by atoms with van der Waals surface area (Å²) in [6, 6.07) is 10.8. The third-order valence-electron chi connectivity index (χ3n) is 5.42. The molecule has 0 aromatic heterocycles. The van der Waals surface area contributed by atoms with Crippen LogP contribution >= 0.6 is 11.8 Å². The minimum absolute atomic E-state index is 0.0444. The fourth-order valence-electron chi connectivity index (χ4n) is 3.83. The molecule has 1 aliphatic rings. The van der Waals surface area contributed by atoms with Crippen LogP contribution in [0.25, 0.3) is 0 Å². The summed E-state index contributed by atoms with van der Waals surface area (Å²) >= 11 is 1.22. The van der Waals surface area contributed by atoms with Gasteiger partial charge in [0.25, 0.3) is 0 Å². The third kappa shape index (κ3) is 6.99. The Kier molecular flexibility index (Phi) is 8.99. The maximum Gasteiger partial charge on any atom is 0.573 e. The van der Waals surface area contributed by atoms with E-state index in [9.17, 15) is 22.8 Å². The van der Waals surface area contributed by atoms with Crippen molar-refractivity contribution in [3.05, 3.63) is 53.6 Å². The van der Waals surface area contributed by atoms with Crippen molar-refractivity contribution in [1.29, 1.82) is 0 Å². The van der Waals surface area contributed by atoms with Crippen molar-refractivity contribution in [2.24, 2.45) is 5.92 Å². The van der Waals surface area contributed by atoms with Crippen LogP contribution in [0, 0.1) is 5.92 Å². The Balaban J connectivity index is 1.93. The van der Waals surface area contributed by atoms with Crippen molar-refractivity contribution in [2.45, 2.75) is 43.8 Å². The van der Waals surface area contributed by atoms with Gasteiger partial charge in [0.2, 0.25) is 11.8 Å². The first-order valence-corrected chi connectivity index (χ1v) is 12.2. The van der Waals surface area contributed by atoms with Crippen molar-refractivity contribution >= 4 is 23.6 Å². The van der Waals surface area contributed by atoms with E-state index in [0.29, 0.717) is 29.2 Å². The molecule has 2 atom stereocenters. The highest BCUT2D eigenvalue weighted by Crippen LogP contribution is 2.47. The molecular weight excluding hydrogens is 497 g/mol. The molecule has 0 bridgehead atoms. The lowest BCUT2D eigenvalue weighted by Crippen LogP contribution is -2.35. The SMILES string of the molecule is COc1cccc(CN2C(=O)C(CC(=O)NCC(C)C)SC2c2cccc(OC(F)(F)F)c2)c1OC. The molecule has 1 fully saturated rings. The van der Waals surface area contributed by atoms with Crippen LogP contribution in [0.15, 0.2) is 42.5 Å². The van der Waals surface area contributed by atoms with Gasteiger partial charge >= 0.3 is 6.36 Å². The monoisotopic (exact) mass is 526 g/mol. The summed E-state index contributed by atoms with van der Waals surface area (Å²) in [6.07, 6.45) is -4.89. The average molecular weight is 527 g/mol. The standard InChI is InChI=1S/C25H29F3N2O5S/c1-15(2)13-29-21(31)12-20-23(32)30(14-17-8-6-10-19(33-3)22(17)34-4)24(36-20)16-7-5-9-18(11-16)35-25(26,27)28/h5-11,15,20,24H,12-14H2,1-4H3,(H,29,31). The molecule has 1 heterocycles. The van der Waals surface area contributed by atoms with Crippen LogP contribution < -0.4 is 19.5 Å². The summed E-state index contributed by atoms with van der Waals surface area (Å²) in [5.74, 6) is 0.243. The van der Waals surface area contributed by atoms with Gasteiger partial charge in [-0.2, -0.15) is 0 Å². The van der Waals surface area contributed by atoms with E-state index < -0.39 is 17.0 Å². The van der Waals surface area contributed by atoms with Gasteiger partial charge in [-0.05, 0) is 29.7 Å². The topological polar surface area (TPSA) is 77.1 Å². The Labute approximate surface area is 212 Å². The van der Waals surface area contributed by atoms with Gasteiger partial charge in [0, 0.05) is 18.5 Å². The van der Waals surface area contributed by atoms with Crippen molar-refractivity contribution < 1.29 is 37.0 Å². The Hall–Kier alpha value is -3.08. The van der Waals surface area contributed by atoms with Gasteiger partial charge < -0.3 is 24.4 Å². The van der Waals surface area contributed by atoms with E-state index in [4.69, 9.17) is 9.47 Å². The Morgan fingerprint density at radius 3 is 2.50 bits per heavy atom. The third-order valence-corrected chi connectivity index (χ3v) is 6.90. The van der Waals surface area contributed by atoms with Gasteiger partial charge in [0.15, 0.2) is 11.5 Å². The number of hydrogen-bond donors (Lipinski definition) is 1. The molecule has 2 amide bonds. The Morgan fingerprint density at radius 1 is 1.14 bits per heavy atom. The zero-order valence-corrected chi connectivity index (χ0v) is 21.2.